The number of nitrogens with zero attached hydrogens (tertiary/aromatic N) is 1. The first-order valence-electron chi connectivity index (χ1n) is 10.5. The molecule has 0 radical (unpaired) electrons. The molecular formula is C23H25N3O5S. The van der Waals surface area contributed by atoms with Crippen LogP contribution in [0, 0.1) is 0 Å². The van der Waals surface area contributed by atoms with E-state index in [1.807, 2.05) is 60.7 Å². The van der Waals surface area contributed by atoms with E-state index < -0.39 is 45.8 Å². The number of carbonyl (C=O) groups excluding carboxylic acids is 3. The van der Waals surface area contributed by atoms with Crippen LogP contribution in [0.2, 0.25) is 0 Å². The van der Waals surface area contributed by atoms with Crippen LogP contribution in [0.25, 0.3) is 0 Å². The quantitative estimate of drug-likeness (QED) is 0.607. The third-order valence-electron chi connectivity index (χ3n) is 5.84. The molecule has 2 heterocycles. The molecule has 168 valence electrons. The molecule has 0 aromatic heterocycles. The fourth-order valence-corrected chi connectivity index (χ4v) is 6.01. The van der Waals surface area contributed by atoms with Crippen LogP contribution in [0.5, 0.6) is 0 Å². The molecule has 9 heteroatoms. The van der Waals surface area contributed by atoms with E-state index in [9.17, 15) is 22.8 Å². The van der Waals surface area contributed by atoms with Crippen molar-refractivity contribution in [1.82, 2.24) is 15.5 Å². The second-order valence-corrected chi connectivity index (χ2v) is 10.6. The van der Waals surface area contributed by atoms with Crippen LogP contribution in [0.4, 0.5) is 4.79 Å². The Morgan fingerprint density at radius 3 is 2.06 bits per heavy atom. The average molecular weight is 456 g/mol. The molecule has 0 spiro atoms. The first-order chi connectivity index (χ1) is 15.3. The molecule has 2 aliphatic rings. The van der Waals surface area contributed by atoms with Crippen LogP contribution >= 0.6 is 0 Å². The molecule has 2 fully saturated rings. The molecule has 2 saturated heterocycles. The predicted octanol–water partition coefficient (Wildman–Crippen LogP) is 1.07. The molecular weight excluding hydrogens is 430 g/mol. The van der Waals surface area contributed by atoms with Gasteiger partial charge < -0.3 is 10.6 Å². The van der Waals surface area contributed by atoms with Crippen molar-refractivity contribution in [2.45, 2.75) is 30.8 Å². The van der Waals surface area contributed by atoms with E-state index in [-0.39, 0.29) is 24.3 Å². The normalized spacial score (nSPS) is 21.4. The Morgan fingerprint density at radius 1 is 1.00 bits per heavy atom. The van der Waals surface area contributed by atoms with Crippen molar-refractivity contribution in [2.75, 3.05) is 18.1 Å². The van der Waals surface area contributed by atoms with Crippen molar-refractivity contribution in [1.29, 1.82) is 0 Å². The molecule has 8 nitrogen and oxygen atoms in total. The molecule has 1 unspecified atom stereocenters. The largest absolute Gasteiger partial charge is 0.351 e. The van der Waals surface area contributed by atoms with Crippen LogP contribution in [0.3, 0.4) is 0 Å². The summed E-state index contributed by atoms with van der Waals surface area (Å²) in [5, 5.41) is 5.48. The van der Waals surface area contributed by atoms with Gasteiger partial charge in [-0.25, -0.2) is 13.2 Å². The molecule has 2 aliphatic heterocycles. The van der Waals surface area contributed by atoms with Gasteiger partial charge in [-0.1, -0.05) is 60.7 Å². The number of imide groups is 1. The maximum atomic E-state index is 13.5. The fourth-order valence-electron chi connectivity index (χ4n) is 4.34. The number of rotatable bonds is 7. The summed E-state index contributed by atoms with van der Waals surface area (Å²) in [5.74, 6) is -1.11. The Hall–Kier alpha value is -3.20. The number of hydrogen-bond acceptors (Lipinski definition) is 5. The van der Waals surface area contributed by atoms with E-state index in [0.717, 1.165) is 16.0 Å². The molecule has 4 amide bonds. The van der Waals surface area contributed by atoms with E-state index in [4.69, 9.17) is 0 Å². The Balaban J connectivity index is 1.53. The Kier molecular flexibility index (Phi) is 6.01. The second-order valence-electron chi connectivity index (χ2n) is 8.40. The third-order valence-corrected chi connectivity index (χ3v) is 7.61. The van der Waals surface area contributed by atoms with Crippen LogP contribution in [0.15, 0.2) is 60.7 Å². The third kappa shape index (κ3) is 4.83. The van der Waals surface area contributed by atoms with Gasteiger partial charge in [-0.2, -0.15) is 0 Å². The highest BCUT2D eigenvalue weighted by molar-refractivity contribution is 7.91. The Labute approximate surface area is 186 Å². The predicted molar refractivity (Wildman–Crippen MR) is 118 cm³/mol. The first-order valence-corrected chi connectivity index (χ1v) is 12.3. The summed E-state index contributed by atoms with van der Waals surface area (Å²) < 4.78 is 23.2. The summed E-state index contributed by atoms with van der Waals surface area (Å²) in [6.07, 6.45) is 0.902. The lowest BCUT2D eigenvalue weighted by molar-refractivity contribution is -0.135. The summed E-state index contributed by atoms with van der Waals surface area (Å²) in [4.78, 5) is 39.7. The van der Waals surface area contributed by atoms with E-state index >= 15 is 0 Å². The molecule has 0 bridgehead atoms. The SMILES string of the molecule is O=C(CN1C(=O)NC(Cc2ccccc2)(Cc2ccccc2)C1=O)NC1CCS(=O)(=O)C1. The molecule has 1 atom stereocenters. The topological polar surface area (TPSA) is 113 Å². The summed E-state index contributed by atoms with van der Waals surface area (Å²) in [6.45, 7) is -0.452. The van der Waals surface area contributed by atoms with Crippen LogP contribution in [-0.4, -0.2) is 60.8 Å². The molecule has 2 aromatic rings. The van der Waals surface area contributed by atoms with E-state index in [1.54, 1.807) is 0 Å². The minimum Gasteiger partial charge on any atom is -0.351 e. The number of hydrogen-bond donors (Lipinski definition) is 2. The van der Waals surface area contributed by atoms with Gasteiger partial charge in [0.25, 0.3) is 5.91 Å². The van der Waals surface area contributed by atoms with E-state index in [2.05, 4.69) is 10.6 Å². The fraction of sp³-hybridized carbons (Fsp3) is 0.348. The summed E-state index contributed by atoms with van der Waals surface area (Å²) in [7, 11) is -3.15. The lowest BCUT2D eigenvalue weighted by Crippen LogP contribution is -2.51. The summed E-state index contributed by atoms with van der Waals surface area (Å²) >= 11 is 0. The molecule has 2 N–H and O–H groups in total. The number of sulfone groups is 1. The number of nitrogens with one attached hydrogen (secondary N) is 2. The zero-order valence-corrected chi connectivity index (χ0v) is 18.3. The van der Waals surface area contributed by atoms with Crippen LogP contribution < -0.4 is 10.6 Å². The maximum absolute atomic E-state index is 13.5. The van der Waals surface area contributed by atoms with Gasteiger partial charge >= 0.3 is 6.03 Å². The van der Waals surface area contributed by atoms with Crippen molar-refractivity contribution in [3.8, 4) is 0 Å². The minimum absolute atomic E-state index is 0.0261. The molecule has 4 rings (SSSR count). The molecule has 0 saturated carbocycles. The highest BCUT2D eigenvalue weighted by Crippen LogP contribution is 2.27. The van der Waals surface area contributed by atoms with Gasteiger partial charge in [0.15, 0.2) is 9.84 Å². The van der Waals surface area contributed by atoms with Gasteiger partial charge in [-0.3, -0.25) is 14.5 Å². The van der Waals surface area contributed by atoms with Gasteiger partial charge in [0.1, 0.15) is 12.1 Å². The first kappa shape index (κ1) is 22.0. The monoisotopic (exact) mass is 455 g/mol. The molecule has 32 heavy (non-hydrogen) atoms. The lowest BCUT2D eigenvalue weighted by Gasteiger charge is -2.27. The van der Waals surface area contributed by atoms with Crippen molar-refractivity contribution in [3.63, 3.8) is 0 Å². The van der Waals surface area contributed by atoms with Crippen molar-refractivity contribution >= 4 is 27.7 Å². The van der Waals surface area contributed by atoms with Gasteiger partial charge in [0.05, 0.1) is 11.5 Å². The smallest absolute Gasteiger partial charge is 0.325 e. The zero-order chi connectivity index (χ0) is 22.8. The lowest BCUT2D eigenvalue weighted by atomic mass is 9.84. The Morgan fingerprint density at radius 2 is 1.56 bits per heavy atom. The highest BCUT2D eigenvalue weighted by atomic mass is 32.2. The zero-order valence-electron chi connectivity index (χ0n) is 17.5. The van der Waals surface area contributed by atoms with Crippen LogP contribution in [-0.2, 0) is 32.3 Å². The van der Waals surface area contributed by atoms with E-state index in [1.165, 1.54) is 0 Å². The second kappa shape index (κ2) is 8.74. The Bertz CT molecular complexity index is 1080. The molecule has 2 aromatic carbocycles. The van der Waals surface area contributed by atoms with Gasteiger partial charge in [0.2, 0.25) is 5.91 Å². The number of carbonyl (C=O) groups is 3. The minimum atomic E-state index is -3.15. The van der Waals surface area contributed by atoms with Gasteiger partial charge in [-0.05, 0) is 17.5 Å². The maximum Gasteiger partial charge on any atom is 0.325 e. The van der Waals surface area contributed by atoms with Gasteiger partial charge in [-0.15, -0.1) is 0 Å². The summed E-state index contributed by atoms with van der Waals surface area (Å²) in [5.41, 5.74) is 0.565. The summed E-state index contributed by atoms with van der Waals surface area (Å²) in [6, 6.07) is 17.7. The highest BCUT2D eigenvalue weighted by Gasteiger charge is 2.51. The van der Waals surface area contributed by atoms with Gasteiger partial charge in [0, 0.05) is 18.9 Å². The van der Waals surface area contributed by atoms with Crippen molar-refractivity contribution in [2.24, 2.45) is 0 Å². The van der Waals surface area contributed by atoms with E-state index in [0.29, 0.717) is 6.42 Å². The van der Waals surface area contributed by atoms with Crippen molar-refractivity contribution in [3.05, 3.63) is 71.8 Å². The molecule has 0 aliphatic carbocycles. The van der Waals surface area contributed by atoms with Crippen LogP contribution in [0.1, 0.15) is 17.5 Å². The number of benzene rings is 2. The number of urea groups is 1. The average Bonchev–Trinajstić information content (AvgIpc) is 3.20. The number of amides is 4. The standard InChI is InChI=1S/C23H25N3O5S/c27-20(24-19-11-12-32(30,31)16-19)15-26-21(28)23(25-22(26)29,13-17-7-3-1-4-8-17)14-18-9-5-2-6-10-18/h1-10,19H,11-16H2,(H,24,27)(H,25,29). The van der Waals surface area contributed by atoms with Crippen molar-refractivity contribution < 1.29 is 22.8 Å².